The largest absolute Gasteiger partial charge is 0.480 e. The molecule has 3 aromatic rings. The summed E-state index contributed by atoms with van der Waals surface area (Å²) in [5, 5.41) is 12.0. The molecular formula is C31H30F2N2O6. The number of carboxylic acids is 1. The van der Waals surface area contributed by atoms with Gasteiger partial charge in [-0.15, -0.1) is 0 Å². The molecule has 2 aliphatic rings. The minimum absolute atomic E-state index is 0.0282. The Morgan fingerprint density at radius 3 is 2.17 bits per heavy atom. The van der Waals surface area contributed by atoms with Gasteiger partial charge in [-0.1, -0.05) is 78.9 Å². The van der Waals surface area contributed by atoms with Crippen molar-refractivity contribution in [3.05, 3.63) is 95.6 Å². The van der Waals surface area contributed by atoms with Crippen LogP contribution >= 0.6 is 0 Å². The van der Waals surface area contributed by atoms with E-state index in [2.05, 4.69) is 5.32 Å². The van der Waals surface area contributed by atoms with Crippen LogP contribution in [-0.4, -0.2) is 65.2 Å². The summed E-state index contributed by atoms with van der Waals surface area (Å²) >= 11 is 0. The molecule has 41 heavy (non-hydrogen) atoms. The van der Waals surface area contributed by atoms with Gasteiger partial charge < -0.3 is 24.8 Å². The number of ether oxygens (including phenoxy) is 2. The number of carbonyl (C=O) groups is 3. The Bertz CT molecular complexity index is 1390. The topological polar surface area (TPSA) is 105 Å². The number of hydrogen-bond donors (Lipinski definition) is 2. The molecule has 2 N–H and O–H groups in total. The highest BCUT2D eigenvalue weighted by Gasteiger charge is 2.52. The molecule has 1 aliphatic heterocycles. The highest BCUT2D eigenvalue weighted by Crippen LogP contribution is 2.44. The summed E-state index contributed by atoms with van der Waals surface area (Å²) in [6, 6.07) is 21.5. The van der Waals surface area contributed by atoms with Crippen molar-refractivity contribution in [2.45, 2.75) is 50.0 Å². The first-order valence-corrected chi connectivity index (χ1v) is 13.3. The number of likely N-dealkylation sites (tertiary alicyclic amines) is 1. The normalized spacial score (nSPS) is 18.7. The minimum Gasteiger partial charge on any atom is -0.480 e. The zero-order valence-corrected chi connectivity index (χ0v) is 22.3. The van der Waals surface area contributed by atoms with Crippen LogP contribution in [0.3, 0.4) is 0 Å². The monoisotopic (exact) mass is 564 g/mol. The molecular weight excluding hydrogens is 534 g/mol. The van der Waals surface area contributed by atoms with Gasteiger partial charge in [0.15, 0.2) is 0 Å². The first kappa shape index (κ1) is 28.2. The van der Waals surface area contributed by atoms with Crippen LogP contribution in [0.4, 0.5) is 13.6 Å². The predicted octanol–water partition coefficient (Wildman–Crippen LogP) is 4.82. The molecule has 0 spiro atoms. The van der Waals surface area contributed by atoms with Crippen LogP contribution in [0.15, 0.2) is 78.9 Å². The molecule has 1 aliphatic carbocycles. The van der Waals surface area contributed by atoms with Crippen molar-refractivity contribution in [3.63, 3.8) is 0 Å². The quantitative estimate of drug-likeness (QED) is 0.386. The summed E-state index contributed by atoms with van der Waals surface area (Å²) in [7, 11) is 0. The van der Waals surface area contributed by atoms with Crippen LogP contribution in [0, 0.1) is 0 Å². The second kappa shape index (κ2) is 11.7. The number of hydrogen-bond acceptors (Lipinski definition) is 5. The Morgan fingerprint density at radius 2 is 1.56 bits per heavy atom. The molecule has 2 amide bonds. The van der Waals surface area contributed by atoms with Gasteiger partial charge >= 0.3 is 12.1 Å². The number of alkyl halides is 2. The van der Waals surface area contributed by atoms with E-state index in [1.54, 1.807) is 0 Å². The number of amides is 2. The number of alkyl carbamates (subject to hydrolysis) is 1. The fraction of sp³-hybridized carbons (Fsp3) is 0.323. The van der Waals surface area contributed by atoms with E-state index in [-0.39, 0.29) is 19.1 Å². The van der Waals surface area contributed by atoms with E-state index >= 15 is 0 Å². The van der Waals surface area contributed by atoms with Gasteiger partial charge in [-0.25, -0.2) is 18.4 Å². The molecule has 1 heterocycles. The Morgan fingerprint density at radius 1 is 0.976 bits per heavy atom. The molecule has 3 aromatic carbocycles. The standard InChI is InChI=1S/C31H30F2N2O6/c1-19(40-16-20-9-3-2-4-10-20)27(28(36)35-18-31(32,33)15-26(35)29(37)38)34-30(39)41-17-25-23-13-7-5-11-21(23)22-12-6-8-14-24(22)25/h2-14,19,25-27H,15-18H2,1H3,(H,34,39)(H,37,38)/t19-,26?,27+/m0/s1. The van der Waals surface area contributed by atoms with Gasteiger partial charge in [-0.05, 0) is 34.7 Å². The zero-order chi connectivity index (χ0) is 29.1. The van der Waals surface area contributed by atoms with E-state index in [0.717, 1.165) is 27.8 Å². The smallest absolute Gasteiger partial charge is 0.407 e. The molecule has 1 unspecified atom stereocenters. The van der Waals surface area contributed by atoms with Crippen LogP contribution < -0.4 is 5.32 Å². The van der Waals surface area contributed by atoms with Gasteiger partial charge in [0.25, 0.3) is 5.92 Å². The first-order chi connectivity index (χ1) is 19.6. The third kappa shape index (κ3) is 6.07. The van der Waals surface area contributed by atoms with Gasteiger partial charge in [-0.2, -0.15) is 0 Å². The van der Waals surface area contributed by atoms with Gasteiger partial charge in [0.1, 0.15) is 18.7 Å². The number of carboxylic acid groups (broad SMARTS) is 1. The highest BCUT2D eigenvalue weighted by atomic mass is 19.3. The average molecular weight is 565 g/mol. The van der Waals surface area contributed by atoms with Crippen LogP contribution in [0.1, 0.15) is 36.0 Å². The molecule has 8 nitrogen and oxygen atoms in total. The van der Waals surface area contributed by atoms with Crippen molar-refractivity contribution in [1.82, 2.24) is 10.2 Å². The number of halogens is 2. The van der Waals surface area contributed by atoms with Crippen LogP contribution in [0.5, 0.6) is 0 Å². The lowest BCUT2D eigenvalue weighted by Gasteiger charge is -2.30. The molecule has 0 saturated carbocycles. The van der Waals surface area contributed by atoms with Gasteiger partial charge in [-0.3, -0.25) is 4.79 Å². The van der Waals surface area contributed by atoms with Gasteiger partial charge in [0, 0.05) is 12.3 Å². The molecule has 5 rings (SSSR count). The second-order valence-corrected chi connectivity index (χ2v) is 10.3. The van der Waals surface area contributed by atoms with Crippen molar-refractivity contribution in [2.24, 2.45) is 0 Å². The van der Waals surface area contributed by atoms with Crippen molar-refractivity contribution in [3.8, 4) is 11.1 Å². The number of nitrogens with one attached hydrogen (secondary N) is 1. The molecule has 1 fully saturated rings. The summed E-state index contributed by atoms with van der Waals surface area (Å²) < 4.78 is 39.8. The SMILES string of the molecule is C[C@H](OCc1ccccc1)[C@@H](NC(=O)OCC1c2ccccc2-c2ccccc21)C(=O)N1CC(F)(F)CC1C(=O)O. The van der Waals surface area contributed by atoms with Crippen LogP contribution in [0.25, 0.3) is 11.1 Å². The van der Waals surface area contributed by atoms with Crippen LogP contribution in [-0.2, 0) is 25.7 Å². The van der Waals surface area contributed by atoms with E-state index < -0.39 is 55.0 Å². The molecule has 214 valence electrons. The lowest BCUT2D eigenvalue weighted by Crippen LogP contribution is -2.56. The maximum Gasteiger partial charge on any atom is 0.407 e. The molecule has 0 aromatic heterocycles. The van der Waals surface area contributed by atoms with Crippen LogP contribution in [0.2, 0.25) is 0 Å². The molecule has 10 heteroatoms. The number of aliphatic carboxylic acids is 1. The van der Waals surface area contributed by atoms with Gasteiger partial charge in [0.05, 0.1) is 19.3 Å². The lowest BCUT2D eigenvalue weighted by atomic mass is 9.98. The third-order valence-corrected chi connectivity index (χ3v) is 7.55. The Balaban J connectivity index is 1.32. The summed E-state index contributed by atoms with van der Waals surface area (Å²) in [6.07, 6.45) is -2.95. The summed E-state index contributed by atoms with van der Waals surface area (Å²) in [6.45, 7) is 0.493. The summed E-state index contributed by atoms with van der Waals surface area (Å²) in [5.74, 6) is -6.14. The number of benzene rings is 3. The van der Waals surface area contributed by atoms with E-state index in [4.69, 9.17) is 9.47 Å². The maximum absolute atomic E-state index is 14.2. The number of rotatable bonds is 9. The number of carbonyl (C=O) groups excluding carboxylic acids is 2. The Hall–Kier alpha value is -4.31. The zero-order valence-electron chi connectivity index (χ0n) is 22.3. The average Bonchev–Trinajstić information content (AvgIpc) is 3.47. The Labute approximate surface area is 235 Å². The van der Waals surface area contributed by atoms with E-state index in [0.29, 0.717) is 4.90 Å². The minimum atomic E-state index is -3.37. The van der Waals surface area contributed by atoms with E-state index in [1.807, 2.05) is 78.9 Å². The fourth-order valence-corrected chi connectivity index (χ4v) is 5.49. The lowest BCUT2D eigenvalue weighted by molar-refractivity contribution is -0.150. The van der Waals surface area contributed by atoms with Crippen molar-refractivity contribution in [1.29, 1.82) is 0 Å². The predicted molar refractivity (Wildman–Crippen MR) is 145 cm³/mol. The van der Waals surface area contributed by atoms with Crippen molar-refractivity contribution in [2.75, 3.05) is 13.2 Å². The second-order valence-electron chi connectivity index (χ2n) is 10.3. The number of nitrogens with zero attached hydrogens (tertiary/aromatic N) is 1. The maximum atomic E-state index is 14.2. The first-order valence-electron chi connectivity index (χ1n) is 13.3. The van der Waals surface area contributed by atoms with E-state index in [9.17, 15) is 28.3 Å². The third-order valence-electron chi connectivity index (χ3n) is 7.55. The fourth-order valence-electron chi connectivity index (χ4n) is 5.49. The summed E-state index contributed by atoms with van der Waals surface area (Å²) in [5.41, 5.74) is 4.88. The van der Waals surface area contributed by atoms with Crippen molar-refractivity contribution >= 4 is 18.0 Å². The molecule has 0 bridgehead atoms. The molecule has 0 radical (unpaired) electrons. The van der Waals surface area contributed by atoms with Gasteiger partial charge in [0.2, 0.25) is 5.91 Å². The van der Waals surface area contributed by atoms with Crippen molar-refractivity contribution < 1.29 is 37.7 Å². The molecule has 1 saturated heterocycles. The molecule has 3 atom stereocenters. The Kier molecular flexibility index (Phi) is 8.03. The van der Waals surface area contributed by atoms with E-state index in [1.165, 1.54) is 6.92 Å². The number of fused-ring (bicyclic) bond motifs is 3. The summed E-state index contributed by atoms with van der Waals surface area (Å²) in [4.78, 5) is 38.9. The highest BCUT2D eigenvalue weighted by molar-refractivity contribution is 5.90.